The van der Waals surface area contributed by atoms with Crippen molar-refractivity contribution < 1.29 is 27.8 Å². The zero-order chi connectivity index (χ0) is 20.9. The maximum atomic E-state index is 15.3. The van der Waals surface area contributed by atoms with Crippen molar-refractivity contribution in [2.75, 3.05) is 36.8 Å². The van der Waals surface area contributed by atoms with Crippen molar-refractivity contribution >= 4 is 28.2 Å². The van der Waals surface area contributed by atoms with E-state index in [-0.39, 0.29) is 17.2 Å². The van der Waals surface area contributed by atoms with Crippen LogP contribution in [0.1, 0.15) is 29.2 Å². The molecule has 1 aliphatic heterocycles. The number of carbonyl (C=O) groups is 1. The Morgan fingerprint density at radius 3 is 2.52 bits per heavy atom. The van der Waals surface area contributed by atoms with Crippen LogP contribution in [0.3, 0.4) is 0 Å². The van der Waals surface area contributed by atoms with E-state index in [0.29, 0.717) is 39.0 Å². The van der Waals surface area contributed by atoms with Crippen molar-refractivity contribution in [1.82, 2.24) is 9.88 Å². The number of nitrogens with zero attached hydrogens (tertiary/aromatic N) is 2. The molecule has 156 valence electrons. The predicted molar refractivity (Wildman–Crippen MR) is 99.5 cm³/mol. The molecule has 1 aromatic carbocycles. The van der Waals surface area contributed by atoms with E-state index in [9.17, 15) is 23.5 Å². The molecule has 4 N–H and O–H groups in total. The van der Waals surface area contributed by atoms with Crippen LogP contribution in [0.5, 0.6) is 5.75 Å². The maximum absolute atomic E-state index is 15.3. The number of aromatic nitrogens is 1. The first-order valence-corrected chi connectivity index (χ1v) is 9.14. The molecule has 1 aromatic heterocycles. The Bertz CT molecular complexity index is 1050. The molecule has 0 unspecified atom stereocenters. The fourth-order valence-corrected chi connectivity index (χ4v) is 3.73. The van der Waals surface area contributed by atoms with E-state index in [2.05, 4.69) is 5.32 Å². The number of nitrogen functional groups attached to an aromatic ring is 1. The van der Waals surface area contributed by atoms with Gasteiger partial charge in [-0.25, -0.2) is 9.18 Å². The van der Waals surface area contributed by atoms with Crippen LogP contribution in [-0.4, -0.2) is 48.4 Å². The van der Waals surface area contributed by atoms with Crippen molar-refractivity contribution in [2.45, 2.75) is 25.5 Å². The highest BCUT2D eigenvalue weighted by molar-refractivity contribution is 6.03. The lowest BCUT2D eigenvalue weighted by Crippen LogP contribution is -2.44. The molecular weight excluding hydrogens is 393 g/mol. The fourth-order valence-electron chi connectivity index (χ4n) is 3.73. The molecule has 2 aliphatic rings. The standard InChI is InChI=1S/C18H19F3N4O4/c19-11-12(22)10-13(25(8-1-2-8)7-9(15(10)26)17(27)28)16(29-18(20)21)14(11)24-5-3-23-4-6-24/h7-8,18,23H,1-6,22H2,(H,27,28). The summed E-state index contributed by atoms with van der Waals surface area (Å²) < 4.78 is 48.0. The average Bonchev–Trinajstić information content (AvgIpc) is 3.51. The summed E-state index contributed by atoms with van der Waals surface area (Å²) in [6, 6.07) is -0.211. The summed E-state index contributed by atoms with van der Waals surface area (Å²) in [7, 11) is 0. The van der Waals surface area contributed by atoms with Gasteiger partial charge in [0.05, 0.1) is 16.6 Å². The summed E-state index contributed by atoms with van der Waals surface area (Å²) >= 11 is 0. The number of nitrogens with one attached hydrogen (secondary N) is 1. The number of hydrogen-bond donors (Lipinski definition) is 3. The van der Waals surface area contributed by atoms with Gasteiger partial charge in [-0.1, -0.05) is 0 Å². The lowest BCUT2D eigenvalue weighted by molar-refractivity contribution is -0.0488. The molecule has 1 aliphatic carbocycles. The highest BCUT2D eigenvalue weighted by atomic mass is 19.3. The molecule has 2 heterocycles. The largest absolute Gasteiger partial charge is 0.477 e. The number of rotatable bonds is 5. The zero-order valence-corrected chi connectivity index (χ0v) is 15.3. The molecule has 11 heteroatoms. The molecule has 2 aromatic rings. The number of anilines is 2. The molecule has 0 amide bonds. The minimum Gasteiger partial charge on any atom is -0.477 e. The number of hydrogen-bond acceptors (Lipinski definition) is 6. The fraction of sp³-hybridized carbons (Fsp3) is 0.444. The molecule has 29 heavy (non-hydrogen) atoms. The Kier molecular flexibility index (Phi) is 4.77. The number of aromatic carboxylic acids is 1. The summed E-state index contributed by atoms with van der Waals surface area (Å²) in [5.41, 5.74) is 3.36. The molecule has 8 nitrogen and oxygen atoms in total. The van der Waals surface area contributed by atoms with E-state index >= 15 is 4.39 Å². The van der Waals surface area contributed by atoms with Crippen molar-refractivity contribution in [3.8, 4) is 5.75 Å². The molecule has 0 radical (unpaired) electrons. The van der Waals surface area contributed by atoms with Gasteiger partial charge in [-0.2, -0.15) is 8.78 Å². The first-order valence-electron chi connectivity index (χ1n) is 9.14. The number of piperazine rings is 1. The highest BCUT2D eigenvalue weighted by Crippen LogP contribution is 2.46. The van der Waals surface area contributed by atoms with Crippen LogP contribution in [-0.2, 0) is 0 Å². The van der Waals surface area contributed by atoms with Crippen LogP contribution in [0.4, 0.5) is 24.5 Å². The second-order valence-electron chi connectivity index (χ2n) is 7.06. The van der Waals surface area contributed by atoms with Crippen molar-refractivity contribution in [3.05, 3.63) is 27.8 Å². The number of pyridine rings is 1. The number of fused-ring (bicyclic) bond motifs is 1. The van der Waals surface area contributed by atoms with E-state index in [1.165, 1.54) is 9.47 Å². The van der Waals surface area contributed by atoms with Crippen molar-refractivity contribution in [3.63, 3.8) is 0 Å². The van der Waals surface area contributed by atoms with Gasteiger partial charge in [-0.05, 0) is 12.8 Å². The molecule has 1 saturated carbocycles. The SMILES string of the molecule is Nc1c(F)c(N2CCNCC2)c(OC(F)F)c2c1c(=O)c(C(=O)O)cn2C1CC1. The minimum atomic E-state index is -3.27. The van der Waals surface area contributed by atoms with Gasteiger partial charge < -0.3 is 30.4 Å². The zero-order valence-electron chi connectivity index (χ0n) is 15.3. The van der Waals surface area contributed by atoms with E-state index in [4.69, 9.17) is 10.5 Å². The number of carboxylic acids is 1. The van der Waals surface area contributed by atoms with Crippen LogP contribution in [0.25, 0.3) is 10.9 Å². The van der Waals surface area contributed by atoms with Gasteiger partial charge in [0.15, 0.2) is 11.6 Å². The number of nitrogens with two attached hydrogens (primary N) is 1. The average molecular weight is 412 g/mol. The maximum Gasteiger partial charge on any atom is 0.387 e. The monoisotopic (exact) mass is 412 g/mol. The van der Waals surface area contributed by atoms with Gasteiger partial charge in [0, 0.05) is 38.4 Å². The molecule has 1 saturated heterocycles. The van der Waals surface area contributed by atoms with E-state index in [1.807, 2.05) is 0 Å². The third-order valence-electron chi connectivity index (χ3n) is 5.19. The van der Waals surface area contributed by atoms with E-state index in [1.54, 1.807) is 0 Å². The number of halogens is 3. The Morgan fingerprint density at radius 1 is 1.31 bits per heavy atom. The summed E-state index contributed by atoms with van der Waals surface area (Å²) in [4.78, 5) is 25.8. The molecule has 4 rings (SSSR count). The summed E-state index contributed by atoms with van der Waals surface area (Å²) in [6.45, 7) is -1.63. The van der Waals surface area contributed by atoms with Gasteiger partial charge >= 0.3 is 12.6 Å². The second kappa shape index (κ2) is 7.14. The molecular formula is C18H19F3N4O4. The van der Waals surface area contributed by atoms with Crippen molar-refractivity contribution in [2.24, 2.45) is 0 Å². The summed E-state index contributed by atoms with van der Waals surface area (Å²) in [5, 5.41) is 12.0. The second-order valence-corrected chi connectivity index (χ2v) is 7.06. The number of carboxylic acid groups (broad SMARTS) is 1. The van der Waals surface area contributed by atoms with Gasteiger partial charge in [0.25, 0.3) is 0 Å². The Hall–Kier alpha value is -2.95. The van der Waals surface area contributed by atoms with Gasteiger partial charge in [-0.3, -0.25) is 4.79 Å². The van der Waals surface area contributed by atoms with Crippen LogP contribution < -0.4 is 26.1 Å². The van der Waals surface area contributed by atoms with Crippen LogP contribution in [0, 0.1) is 5.82 Å². The molecule has 2 fully saturated rings. The number of ether oxygens (including phenoxy) is 1. The van der Waals surface area contributed by atoms with Crippen LogP contribution in [0.15, 0.2) is 11.0 Å². The first-order chi connectivity index (χ1) is 13.8. The summed E-state index contributed by atoms with van der Waals surface area (Å²) in [5.74, 6) is -3.07. The van der Waals surface area contributed by atoms with Gasteiger partial charge in [-0.15, -0.1) is 0 Å². The van der Waals surface area contributed by atoms with Crippen LogP contribution >= 0.6 is 0 Å². The van der Waals surface area contributed by atoms with Crippen molar-refractivity contribution in [1.29, 1.82) is 0 Å². The smallest absolute Gasteiger partial charge is 0.387 e. The highest BCUT2D eigenvalue weighted by Gasteiger charge is 2.34. The minimum absolute atomic E-state index is 0.102. The topological polar surface area (TPSA) is 110 Å². The summed E-state index contributed by atoms with van der Waals surface area (Å²) in [6.07, 6.45) is 2.42. The lowest BCUT2D eigenvalue weighted by atomic mass is 10.0. The Morgan fingerprint density at radius 2 is 1.97 bits per heavy atom. The van der Waals surface area contributed by atoms with E-state index < -0.39 is 46.2 Å². The Balaban J connectivity index is 2.13. The van der Waals surface area contributed by atoms with Crippen LogP contribution in [0.2, 0.25) is 0 Å². The van der Waals surface area contributed by atoms with Gasteiger partial charge in [0.2, 0.25) is 5.43 Å². The third kappa shape index (κ3) is 3.24. The first kappa shape index (κ1) is 19.4. The normalized spacial score (nSPS) is 17.2. The molecule has 0 bridgehead atoms. The molecule has 0 spiro atoms. The Labute approximate surface area is 162 Å². The van der Waals surface area contributed by atoms with Gasteiger partial charge in [0.1, 0.15) is 11.3 Å². The third-order valence-corrected chi connectivity index (χ3v) is 5.19. The van der Waals surface area contributed by atoms with E-state index in [0.717, 1.165) is 6.20 Å². The lowest BCUT2D eigenvalue weighted by Gasteiger charge is -2.32. The number of benzene rings is 1. The quantitative estimate of drug-likeness (QED) is 0.642. The predicted octanol–water partition coefficient (Wildman–Crippen LogP) is 1.77. The molecule has 0 atom stereocenters. The number of alkyl halides is 2.